The topological polar surface area (TPSA) is 79.9 Å². The van der Waals surface area contributed by atoms with Crippen molar-refractivity contribution >= 4 is 23.1 Å². The van der Waals surface area contributed by atoms with Crippen LogP contribution in [0.3, 0.4) is 0 Å². The van der Waals surface area contributed by atoms with Crippen molar-refractivity contribution in [1.29, 1.82) is 5.26 Å². The molecule has 2 rings (SSSR count). The second kappa shape index (κ2) is 9.67. The van der Waals surface area contributed by atoms with E-state index in [1.807, 2.05) is 84.6 Å². The second-order valence-corrected chi connectivity index (χ2v) is 6.73. The van der Waals surface area contributed by atoms with E-state index in [-0.39, 0.29) is 5.60 Å². The van der Waals surface area contributed by atoms with Crippen molar-refractivity contribution in [2.45, 2.75) is 59.6 Å². The number of fused-ring (bicyclic) bond motifs is 1. The molecule has 2 aromatic rings. The number of carbonyl (C=O) groups excluding carboxylic acids is 1. The number of nitrogens with zero attached hydrogens (tertiary/aromatic N) is 3. The molecule has 0 atom stereocenters. The number of rotatable bonds is 3. The fourth-order valence-electron chi connectivity index (χ4n) is 1.77. The zero-order valence-corrected chi connectivity index (χ0v) is 16.5. The van der Waals surface area contributed by atoms with E-state index in [1.165, 1.54) is 0 Å². The third-order valence-corrected chi connectivity index (χ3v) is 2.88. The SMILES string of the molecule is CC.CC(C)(C)OC=O.Cn1ncc2cc(NC(C)(C)C#N)ccc21. The smallest absolute Gasteiger partial charge is 0.293 e. The maximum atomic E-state index is 9.60. The number of aromatic nitrogens is 2. The average Bonchev–Trinajstić information content (AvgIpc) is 2.89. The van der Waals surface area contributed by atoms with Gasteiger partial charge in [0.05, 0.1) is 17.8 Å². The van der Waals surface area contributed by atoms with E-state index in [1.54, 1.807) is 0 Å². The molecule has 138 valence electrons. The molecule has 25 heavy (non-hydrogen) atoms. The lowest BCUT2D eigenvalue weighted by molar-refractivity contribution is -0.138. The fraction of sp³-hybridized carbons (Fsp3) is 0.526. The summed E-state index contributed by atoms with van der Waals surface area (Å²) in [5.74, 6) is 0. The molecular weight excluding hydrogens is 316 g/mol. The average molecular weight is 346 g/mol. The van der Waals surface area contributed by atoms with Crippen molar-refractivity contribution in [3.05, 3.63) is 24.4 Å². The number of anilines is 1. The standard InChI is InChI=1S/C12H14N4.C5H10O2.C2H6/c1-12(2,8-13)15-10-4-5-11-9(6-10)7-14-16(11)3;1-5(2,3)7-4-6;1-2/h4-7,15H,1-3H3;4H,1-3H3;1-2H3. The van der Waals surface area contributed by atoms with Crippen LogP contribution in [0.1, 0.15) is 48.5 Å². The molecule has 0 saturated heterocycles. The van der Waals surface area contributed by atoms with Crippen LogP contribution in [0.5, 0.6) is 0 Å². The Labute approximate surface area is 150 Å². The Kier molecular flexibility index (Phi) is 8.69. The molecule has 0 aliphatic heterocycles. The van der Waals surface area contributed by atoms with Crippen molar-refractivity contribution < 1.29 is 9.53 Å². The van der Waals surface area contributed by atoms with E-state index in [4.69, 9.17) is 5.26 Å². The van der Waals surface area contributed by atoms with Gasteiger partial charge in [-0.1, -0.05) is 13.8 Å². The number of benzene rings is 1. The van der Waals surface area contributed by atoms with Gasteiger partial charge in [0.25, 0.3) is 6.47 Å². The van der Waals surface area contributed by atoms with Gasteiger partial charge in [-0.3, -0.25) is 9.48 Å². The number of ether oxygens (including phenoxy) is 1. The molecule has 6 heteroatoms. The maximum absolute atomic E-state index is 9.60. The van der Waals surface area contributed by atoms with Gasteiger partial charge in [0, 0.05) is 18.1 Å². The first-order chi connectivity index (χ1) is 11.6. The third kappa shape index (κ3) is 8.20. The summed E-state index contributed by atoms with van der Waals surface area (Å²) >= 11 is 0. The van der Waals surface area contributed by atoms with Crippen LogP contribution in [-0.2, 0) is 16.6 Å². The van der Waals surface area contributed by atoms with Crippen LogP contribution < -0.4 is 5.32 Å². The van der Waals surface area contributed by atoms with Crippen molar-refractivity contribution in [2.75, 3.05) is 5.32 Å². The molecule has 0 aliphatic rings. The molecule has 6 nitrogen and oxygen atoms in total. The van der Waals surface area contributed by atoms with Gasteiger partial charge in [-0.25, -0.2) is 0 Å². The van der Waals surface area contributed by atoms with Crippen LogP contribution in [0.15, 0.2) is 24.4 Å². The number of aryl methyl sites for hydroxylation is 1. The molecular formula is C19H30N4O2. The van der Waals surface area contributed by atoms with Crippen LogP contribution in [0.4, 0.5) is 5.69 Å². The van der Waals surface area contributed by atoms with Gasteiger partial charge in [-0.2, -0.15) is 10.4 Å². The van der Waals surface area contributed by atoms with Gasteiger partial charge < -0.3 is 10.1 Å². The molecule has 0 unspecified atom stereocenters. The third-order valence-electron chi connectivity index (χ3n) is 2.88. The highest BCUT2D eigenvalue weighted by atomic mass is 16.5. The first kappa shape index (κ1) is 22.4. The lowest BCUT2D eigenvalue weighted by Gasteiger charge is -2.18. The van der Waals surface area contributed by atoms with Gasteiger partial charge >= 0.3 is 0 Å². The molecule has 1 heterocycles. The van der Waals surface area contributed by atoms with Gasteiger partial charge in [0.15, 0.2) is 0 Å². The minimum Gasteiger partial charge on any atom is -0.462 e. The van der Waals surface area contributed by atoms with Crippen molar-refractivity contribution in [3.63, 3.8) is 0 Å². The van der Waals surface area contributed by atoms with Crippen molar-refractivity contribution in [2.24, 2.45) is 7.05 Å². The number of nitrogens with one attached hydrogen (secondary N) is 1. The Balaban J connectivity index is 0.000000544. The van der Waals surface area contributed by atoms with E-state index in [9.17, 15) is 4.79 Å². The number of nitriles is 1. The Bertz CT molecular complexity index is 706. The van der Waals surface area contributed by atoms with Crippen molar-refractivity contribution in [3.8, 4) is 6.07 Å². The predicted octanol–water partition coefficient (Wildman–Crippen LogP) is 4.27. The number of hydrogen-bond acceptors (Lipinski definition) is 5. The minimum absolute atomic E-state index is 0.318. The van der Waals surface area contributed by atoms with Crippen LogP contribution in [0, 0.1) is 11.3 Å². The monoisotopic (exact) mass is 346 g/mol. The van der Waals surface area contributed by atoms with Crippen LogP contribution in [0.2, 0.25) is 0 Å². The molecule has 1 aromatic heterocycles. The molecule has 1 N–H and O–H groups in total. The Morgan fingerprint density at radius 3 is 2.28 bits per heavy atom. The normalized spacial score (nSPS) is 10.5. The van der Waals surface area contributed by atoms with Gasteiger partial charge in [0.1, 0.15) is 11.1 Å². The van der Waals surface area contributed by atoms with E-state index >= 15 is 0 Å². The Morgan fingerprint density at radius 2 is 1.84 bits per heavy atom. The highest BCUT2D eigenvalue weighted by Gasteiger charge is 2.15. The van der Waals surface area contributed by atoms with E-state index < -0.39 is 5.54 Å². The summed E-state index contributed by atoms with van der Waals surface area (Å²) in [6.07, 6.45) is 1.82. The molecule has 0 aliphatic carbocycles. The predicted molar refractivity (Wildman–Crippen MR) is 102 cm³/mol. The number of hydrogen-bond donors (Lipinski definition) is 1. The molecule has 0 bridgehead atoms. The second-order valence-electron chi connectivity index (χ2n) is 6.73. The lowest BCUT2D eigenvalue weighted by atomic mass is 10.1. The summed E-state index contributed by atoms with van der Waals surface area (Å²) in [4.78, 5) is 9.60. The first-order valence-electron chi connectivity index (χ1n) is 8.30. The first-order valence-corrected chi connectivity index (χ1v) is 8.30. The van der Waals surface area contributed by atoms with E-state index in [0.29, 0.717) is 6.47 Å². The summed E-state index contributed by atoms with van der Waals surface area (Å²) < 4.78 is 6.38. The number of carbonyl (C=O) groups is 1. The lowest BCUT2D eigenvalue weighted by Crippen LogP contribution is -2.28. The largest absolute Gasteiger partial charge is 0.462 e. The summed E-state index contributed by atoms with van der Waals surface area (Å²) in [5, 5.41) is 17.4. The van der Waals surface area contributed by atoms with Gasteiger partial charge in [-0.15, -0.1) is 0 Å². The van der Waals surface area contributed by atoms with E-state index in [0.717, 1.165) is 16.6 Å². The molecule has 0 amide bonds. The highest BCUT2D eigenvalue weighted by Crippen LogP contribution is 2.20. The zero-order chi connectivity index (χ0) is 19.7. The summed E-state index contributed by atoms with van der Waals surface area (Å²) in [7, 11) is 1.91. The van der Waals surface area contributed by atoms with Crippen molar-refractivity contribution in [1.82, 2.24) is 9.78 Å². The molecule has 0 fully saturated rings. The summed E-state index contributed by atoms with van der Waals surface area (Å²) in [5.41, 5.74) is 1.14. The minimum atomic E-state index is -0.560. The summed E-state index contributed by atoms with van der Waals surface area (Å²) in [6, 6.07) is 8.17. The summed E-state index contributed by atoms with van der Waals surface area (Å²) in [6.45, 7) is 13.6. The molecule has 0 saturated carbocycles. The van der Waals surface area contributed by atoms with Gasteiger partial charge in [-0.05, 0) is 52.8 Å². The maximum Gasteiger partial charge on any atom is 0.293 e. The Morgan fingerprint density at radius 1 is 1.24 bits per heavy atom. The fourth-order valence-corrected chi connectivity index (χ4v) is 1.77. The van der Waals surface area contributed by atoms with E-state index in [2.05, 4.69) is 21.2 Å². The highest BCUT2D eigenvalue weighted by molar-refractivity contribution is 5.82. The quantitative estimate of drug-likeness (QED) is 0.839. The van der Waals surface area contributed by atoms with Crippen LogP contribution in [0.25, 0.3) is 10.9 Å². The van der Waals surface area contributed by atoms with Crippen LogP contribution >= 0.6 is 0 Å². The van der Waals surface area contributed by atoms with Crippen LogP contribution in [-0.4, -0.2) is 27.4 Å². The zero-order valence-electron chi connectivity index (χ0n) is 16.5. The Hall–Kier alpha value is -2.55. The van der Waals surface area contributed by atoms with Gasteiger partial charge in [0.2, 0.25) is 0 Å². The molecule has 1 aromatic carbocycles. The molecule has 0 radical (unpaired) electrons. The molecule has 0 spiro atoms.